The standard InChI is InChI=1S/C14H15ClN2O/c1-9-3-2-4-11(9)14(18)17-13-7-10(8-16)5-6-12(13)15/h5-7,9,11H,2-4H2,1H3,(H,17,18). The Kier molecular flexibility index (Phi) is 3.88. The Balaban J connectivity index is 2.14. The van der Waals surface area contributed by atoms with Crippen LogP contribution in [-0.2, 0) is 4.79 Å². The minimum absolute atomic E-state index is 0.0111. The molecule has 1 aliphatic rings. The second-order valence-electron chi connectivity index (χ2n) is 4.81. The van der Waals surface area contributed by atoms with E-state index in [0.717, 1.165) is 19.3 Å². The lowest BCUT2D eigenvalue weighted by atomic mass is 9.97. The highest BCUT2D eigenvalue weighted by Gasteiger charge is 2.29. The molecule has 2 unspecified atom stereocenters. The average molecular weight is 263 g/mol. The van der Waals surface area contributed by atoms with E-state index in [2.05, 4.69) is 12.2 Å². The van der Waals surface area contributed by atoms with Crippen molar-refractivity contribution in [3.8, 4) is 6.07 Å². The second kappa shape index (κ2) is 5.41. The molecule has 1 aromatic rings. The van der Waals surface area contributed by atoms with Gasteiger partial charge < -0.3 is 5.32 Å². The summed E-state index contributed by atoms with van der Waals surface area (Å²) in [6.45, 7) is 2.10. The first-order valence-corrected chi connectivity index (χ1v) is 6.50. The molecular weight excluding hydrogens is 248 g/mol. The highest BCUT2D eigenvalue weighted by Crippen LogP contribution is 2.33. The molecule has 2 rings (SSSR count). The van der Waals surface area contributed by atoms with Crippen molar-refractivity contribution in [1.82, 2.24) is 0 Å². The van der Waals surface area contributed by atoms with E-state index in [0.29, 0.717) is 22.2 Å². The zero-order valence-corrected chi connectivity index (χ0v) is 11.0. The molecule has 0 bridgehead atoms. The van der Waals surface area contributed by atoms with Gasteiger partial charge in [0.2, 0.25) is 5.91 Å². The van der Waals surface area contributed by atoms with E-state index >= 15 is 0 Å². The number of carbonyl (C=O) groups is 1. The predicted molar refractivity (Wildman–Crippen MR) is 71.3 cm³/mol. The van der Waals surface area contributed by atoms with E-state index in [-0.39, 0.29) is 11.8 Å². The normalized spacial score (nSPS) is 22.5. The summed E-state index contributed by atoms with van der Waals surface area (Å²) in [7, 11) is 0. The Morgan fingerprint density at radius 1 is 1.50 bits per heavy atom. The Morgan fingerprint density at radius 3 is 2.89 bits per heavy atom. The van der Waals surface area contributed by atoms with E-state index in [1.807, 2.05) is 6.07 Å². The van der Waals surface area contributed by atoms with E-state index in [9.17, 15) is 4.79 Å². The Hall–Kier alpha value is -1.53. The van der Waals surface area contributed by atoms with Gasteiger partial charge in [0.25, 0.3) is 0 Å². The van der Waals surface area contributed by atoms with Gasteiger partial charge in [-0.3, -0.25) is 4.79 Å². The zero-order valence-electron chi connectivity index (χ0n) is 10.2. The number of nitrogens with one attached hydrogen (secondary N) is 1. The van der Waals surface area contributed by atoms with Gasteiger partial charge in [0.05, 0.1) is 22.3 Å². The number of hydrogen-bond donors (Lipinski definition) is 1. The van der Waals surface area contributed by atoms with Gasteiger partial charge in [0.1, 0.15) is 0 Å². The van der Waals surface area contributed by atoms with Crippen LogP contribution >= 0.6 is 11.6 Å². The largest absolute Gasteiger partial charge is 0.324 e. The fourth-order valence-corrected chi connectivity index (χ4v) is 2.62. The first kappa shape index (κ1) is 12.9. The zero-order chi connectivity index (χ0) is 13.1. The number of nitrogens with zero attached hydrogens (tertiary/aromatic N) is 1. The Morgan fingerprint density at radius 2 is 2.28 bits per heavy atom. The number of rotatable bonds is 2. The van der Waals surface area contributed by atoms with Crippen molar-refractivity contribution in [3.05, 3.63) is 28.8 Å². The molecule has 1 fully saturated rings. The summed E-state index contributed by atoms with van der Waals surface area (Å²) in [6.07, 6.45) is 3.14. The third kappa shape index (κ3) is 2.65. The lowest BCUT2D eigenvalue weighted by Crippen LogP contribution is -2.24. The number of halogens is 1. The van der Waals surface area contributed by atoms with Crippen LogP contribution < -0.4 is 5.32 Å². The lowest BCUT2D eigenvalue weighted by molar-refractivity contribution is -0.120. The fraction of sp³-hybridized carbons (Fsp3) is 0.429. The van der Waals surface area contributed by atoms with E-state index in [1.165, 1.54) is 0 Å². The highest BCUT2D eigenvalue weighted by atomic mass is 35.5. The molecular formula is C14H15ClN2O. The average Bonchev–Trinajstić information content (AvgIpc) is 2.78. The van der Waals surface area contributed by atoms with Crippen molar-refractivity contribution in [3.63, 3.8) is 0 Å². The van der Waals surface area contributed by atoms with E-state index in [4.69, 9.17) is 16.9 Å². The van der Waals surface area contributed by atoms with E-state index < -0.39 is 0 Å². The molecule has 0 saturated heterocycles. The summed E-state index contributed by atoms with van der Waals surface area (Å²) in [6, 6.07) is 6.92. The number of amides is 1. The van der Waals surface area contributed by atoms with Crippen LogP contribution in [0.4, 0.5) is 5.69 Å². The Labute approximate surface area is 112 Å². The minimum atomic E-state index is 0.0111. The molecule has 1 amide bonds. The number of nitriles is 1. The molecule has 0 spiro atoms. The van der Waals surface area contributed by atoms with Gasteiger partial charge in [0, 0.05) is 5.92 Å². The second-order valence-corrected chi connectivity index (χ2v) is 5.22. The SMILES string of the molecule is CC1CCCC1C(=O)Nc1cc(C#N)ccc1Cl. The van der Waals surface area contributed by atoms with Crippen LogP contribution in [-0.4, -0.2) is 5.91 Å². The van der Waals surface area contributed by atoms with Crippen LogP contribution in [0.1, 0.15) is 31.7 Å². The molecule has 94 valence electrons. The lowest BCUT2D eigenvalue weighted by Gasteiger charge is -2.15. The number of hydrogen-bond acceptors (Lipinski definition) is 2. The molecule has 18 heavy (non-hydrogen) atoms. The molecule has 0 aromatic heterocycles. The smallest absolute Gasteiger partial charge is 0.227 e. The molecule has 1 N–H and O–H groups in total. The highest BCUT2D eigenvalue weighted by molar-refractivity contribution is 6.33. The molecule has 0 heterocycles. The van der Waals surface area contributed by atoms with Crippen molar-refractivity contribution < 1.29 is 4.79 Å². The maximum absolute atomic E-state index is 12.1. The summed E-state index contributed by atoms with van der Waals surface area (Å²) in [5.41, 5.74) is 1.02. The summed E-state index contributed by atoms with van der Waals surface area (Å²) in [5, 5.41) is 12.1. The van der Waals surface area contributed by atoms with Gasteiger partial charge in [-0.25, -0.2) is 0 Å². The quantitative estimate of drug-likeness (QED) is 0.886. The molecule has 2 atom stereocenters. The first-order valence-electron chi connectivity index (χ1n) is 6.12. The van der Waals surface area contributed by atoms with Crippen LogP contribution in [0.2, 0.25) is 5.02 Å². The summed E-state index contributed by atoms with van der Waals surface area (Å²) in [5.74, 6) is 0.492. The monoisotopic (exact) mass is 262 g/mol. The maximum atomic E-state index is 12.1. The molecule has 0 radical (unpaired) electrons. The van der Waals surface area contributed by atoms with Gasteiger partial charge in [0.15, 0.2) is 0 Å². The molecule has 1 aromatic carbocycles. The van der Waals surface area contributed by atoms with Crippen molar-refractivity contribution >= 4 is 23.2 Å². The van der Waals surface area contributed by atoms with Crippen LogP contribution in [0.3, 0.4) is 0 Å². The minimum Gasteiger partial charge on any atom is -0.324 e. The molecule has 1 saturated carbocycles. The topological polar surface area (TPSA) is 52.9 Å². The van der Waals surface area contributed by atoms with Crippen molar-refractivity contribution in [2.24, 2.45) is 11.8 Å². The van der Waals surface area contributed by atoms with Crippen LogP contribution in [0.25, 0.3) is 0 Å². The molecule has 1 aliphatic carbocycles. The van der Waals surface area contributed by atoms with Crippen LogP contribution in [0.5, 0.6) is 0 Å². The van der Waals surface area contributed by atoms with Gasteiger partial charge in [-0.1, -0.05) is 24.9 Å². The van der Waals surface area contributed by atoms with Crippen molar-refractivity contribution in [2.45, 2.75) is 26.2 Å². The predicted octanol–water partition coefficient (Wildman–Crippen LogP) is 3.59. The number of anilines is 1. The summed E-state index contributed by atoms with van der Waals surface area (Å²) in [4.78, 5) is 12.1. The fourth-order valence-electron chi connectivity index (χ4n) is 2.45. The first-order chi connectivity index (χ1) is 8.61. The number of carbonyl (C=O) groups excluding carboxylic acids is 1. The molecule has 3 nitrogen and oxygen atoms in total. The maximum Gasteiger partial charge on any atom is 0.227 e. The number of benzene rings is 1. The molecule has 0 aliphatic heterocycles. The van der Waals surface area contributed by atoms with Crippen molar-refractivity contribution in [1.29, 1.82) is 5.26 Å². The third-order valence-corrected chi connectivity index (χ3v) is 3.88. The van der Waals surface area contributed by atoms with Crippen molar-refractivity contribution in [2.75, 3.05) is 5.32 Å². The van der Waals surface area contributed by atoms with Gasteiger partial charge in [-0.05, 0) is 37.0 Å². The summed E-state index contributed by atoms with van der Waals surface area (Å²) < 4.78 is 0. The van der Waals surface area contributed by atoms with Gasteiger partial charge in [-0.2, -0.15) is 5.26 Å². The third-order valence-electron chi connectivity index (χ3n) is 3.55. The summed E-state index contributed by atoms with van der Waals surface area (Å²) >= 11 is 6.02. The molecule has 4 heteroatoms. The van der Waals surface area contributed by atoms with E-state index in [1.54, 1.807) is 18.2 Å². The Bertz CT molecular complexity index is 507. The van der Waals surface area contributed by atoms with Gasteiger partial charge >= 0.3 is 0 Å². The van der Waals surface area contributed by atoms with Crippen LogP contribution in [0.15, 0.2) is 18.2 Å². The van der Waals surface area contributed by atoms with Crippen LogP contribution in [0, 0.1) is 23.2 Å². The van der Waals surface area contributed by atoms with Gasteiger partial charge in [-0.15, -0.1) is 0 Å².